The first-order chi connectivity index (χ1) is 10.2. The third kappa shape index (κ3) is 2.53. The molecule has 3 aromatic rings. The van der Waals surface area contributed by atoms with Crippen LogP contribution in [0.2, 0.25) is 5.02 Å². The topological polar surface area (TPSA) is 68.0 Å². The molecule has 0 spiro atoms. The SMILES string of the molecule is Nc1cccc(Cl)c1NC(=O)c1cccc2cccnc12. The highest BCUT2D eigenvalue weighted by Gasteiger charge is 2.14. The van der Waals surface area contributed by atoms with E-state index < -0.39 is 0 Å². The van der Waals surface area contributed by atoms with E-state index in [0.29, 0.717) is 27.5 Å². The second-order valence-electron chi connectivity index (χ2n) is 4.54. The molecule has 0 radical (unpaired) electrons. The van der Waals surface area contributed by atoms with Gasteiger partial charge in [0.25, 0.3) is 5.91 Å². The highest BCUT2D eigenvalue weighted by molar-refractivity contribution is 6.34. The number of benzene rings is 2. The van der Waals surface area contributed by atoms with Gasteiger partial charge < -0.3 is 11.1 Å². The number of carbonyl (C=O) groups excluding carboxylic acids is 1. The number of hydrogen-bond donors (Lipinski definition) is 2. The Kier molecular flexibility index (Phi) is 3.46. The molecular weight excluding hydrogens is 286 g/mol. The second kappa shape index (κ2) is 5.42. The summed E-state index contributed by atoms with van der Waals surface area (Å²) >= 11 is 6.07. The van der Waals surface area contributed by atoms with Crippen LogP contribution >= 0.6 is 11.6 Å². The molecule has 0 aliphatic carbocycles. The summed E-state index contributed by atoms with van der Waals surface area (Å²) in [6.07, 6.45) is 1.66. The smallest absolute Gasteiger partial charge is 0.257 e. The molecule has 3 rings (SSSR count). The number of anilines is 2. The van der Waals surface area contributed by atoms with Gasteiger partial charge in [0.15, 0.2) is 0 Å². The van der Waals surface area contributed by atoms with Crippen molar-refractivity contribution in [1.29, 1.82) is 0 Å². The minimum Gasteiger partial charge on any atom is -0.397 e. The fourth-order valence-electron chi connectivity index (χ4n) is 2.14. The van der Waals surface area contributed by atoms with Gasteiger partial charge in [-0.3, -0.25) is 9.78 Å². The van der Waals surface area contributed by atoms with Crippen molar-refractivity contribution in [3.8, 4) is 0 Å². The minimum absolute atomic E-state index is 0.292. The molecule has 0 aliphatic rings. The molecule has 21 heavy (non-hydrogen) atoms. The first kappa shape index (κ1) is 13.4. The van der Waals surface area contributed by atoms with Crippen molar-refractivity contribution in [2.75, 3.05) is 11.1 Å². The van der Waals surface area contributed by atoms with Crippen LogP contribution in [-0.4, -0.2) is 10.9 Å². The molecule has 0 unspecified atom stereocenters. The molecule has 0 bridgehead atoms. The van der Waals surface area contributed by atoms with E-state index in [1.165, 1.54) is 0 Å². The quantitative estimate of drug-likeness (QED) is 0.708. The molecule has 0 saturated carbocycles. The van der Waals surface area contributed by atoms with Gasteiger partial charge in [0.05, 0.1) is 27.5 Å². The van der Waals surface area contributed by atoms with E-state index in [9.17, 15) is 4.79 Å². The molecule has 5 heteroatoms. The number of aromatic nitrogens is 1. The van der Waals surface area contributed by atoms with Crippen LogP contribution in [0.1, 0.15) is 10.4 Å². The molecule has 0 fully saturated rings. The van der Waals surface area contributed by atoms with Gasteiger partial charge in [-0.1, -0.05) is 35.9 Å². The summed E-state index contributed by atoms with van der Waals surface area (Å²) in [7, 11) is 0. The highest BCUT2D eigenvalue weighted by Crippen LogP contribution is 2.28. The lowest BCUT2D eigenvalue weighted by Crippen LogP contribution is -2.14. The van der Waals surface area contributed by atoms with Crippen molar-refractivity contribution < 1.29 is 4.79 Å². The van der Waals surface area contributed by atoms with Crippen LogP contribution < -0.4 is 11.1 Å². The number of nitrogens with zero attached hydrogens (tertiary/aromatic N) is 1. The summed E-state index contributed by atoms with van der Waals surface area (Å²) in [5.74, 6) is -0.292. The van der Waals surface area contributed by atoms with Gasteiger partial charge in [-0.2, -0.15) is 0 Å². The Hall–Kier alpha value is -2.59. The first-order valence-electron chi connectivity index (χ1n) is 6.36. The summed E-state index contributed by atoms with van der Waals surface area (Å²) in [4.78, 5) is 16.7. The number of rotatable bonds is 2. The maximum absolute atomic E-state index is 12.5. The maximum atomic E-state index is 12.5. The van der Waals surface area contributed by atoms with Gasteiger partial charge in [-0.25, -0.2) is 0 Å². The largest absolute Gasteiger partial charge is 0.397 e. The summed E-state index contributed by atoms with van der Waals surface area (Å²) in [5, 5.41) is 4.05. The fourth-order valence-corrected chi connectivity index (χ4v) is 2.37. The van der Waals surface area contributed by atoms with Gasteiger partial charge >= 0.3 is 0 Å². The second-order valence-corrected chi connectivity index (χ2v) is 4.95. The van der Waals surface area contributed by atoms with E-state index >= 15 is 0 Å². The van der Waals surface area contributed by atoms with Crippen LogP contribution in [0.25, 0.3) is 10.9 Å². The summed E-state index contributed by atoms with van der Waals surface area (Å²) in [6.45, 7) is 0. The molecule has 2 aromatic carbocycles. The van der Waals surface area contributed by atoms with Crippen molar-refractivity contribution in [2.45, 2.75) is 0 Å². The zero-order valence-electron chi connectivity index (χ0n) is 11.0. The average molecular weight is 298 g/mol. The molecular formula is C16H12ClN3O. The molecule has 4 nitrogen and oxygen atoms in total. The third-order valence-electron chi connectivity index (χ3n) is 3.16. The van der Waals surface area contributed by atoms with Gasteiger partial charge in [-0.05, 0) is 24.3 Å². The number of halogens is 1. The van der Waals surface area contributed by atoms with Crippen molar-refractivity contribution >= 4 is 39.8 Å². The monoisotopic (exact) mass is 297 g/mol. The van der Waals surface area contributed by atoms with E-state index in [1.54, 1.807) is 30.5 Å². The number of nitrogens with two attached hydrogens (primary N) is 1. The summed E-state index contributed by atoms with van der Waals surface area (Å²) < 4.78 is 0. The molecule has 1 amide bonds. The Morgan fingerprint density at radius 1 is 1.10 bits per heavy atom. The normalized spacial score (nSPS) is 10.5. The van der Waals surface area contributed by atoms with Gasteiger partial charge in [0, 0.05) is 11.6 Å². The number of nitrogen functional groups attached to an aromatic ring is 1. The summed E-state index contributed by atoms with van der Waals surface area (Å²) in [6, 6.07) is 14.3. The van der Waals surface area contributed by atoms with Crippen LogP contribution in [0, 0.1) is 0 Å². The first-order valence-corrected chi connectivity index (χ1v) is 6.73. The van der Waals surface area contributed by atoms with Crippen molar-refractivity contribution in [3.05, 3.63) is 65.3 Å². The Morgan fingerprint density at radius 3 is 2.67 bits per heavy atom. The van der Waals surface area contributed by atoms with Crippen LogP contribution in [0.5, 0.6) is 0 Å². The van der Waals surface area contributed by atoms with Crippen LogP contribution in [0.15, 0.2) is 54.7 Å². The predicted molar refractivity (Wildman–Crippen MR) is 85.6 cm³/mol. The maximum Gasteiger partial charge on any atom is 0.257 e. The standard InChI is InChI=1S/C16H12ClN3O/c17-12-7-2-8-13(18)15(12)20-16(21)11-6-1-4-10-5-3-9-19-14(10)11/h1-9H,18H2,(H,20,21). The lowest BCUT2D eigenvalue weighted by Gasteiger charge is -2.11. The number of pyridine rings is 1. The van der Waals surface area contributed by atoms with Crippen molar-refractivity contribution in [2.24, 2.45) is 0 Å². The molecule has 0 atom stereocenters. The van der Waals surface area contributed by atoms with Gasteiger partial charge in [0.2, 0.25) is 0 Å². The van der Waals surface area contributed by atoms with Crippen LogP contribution in [0.4, 0.5) is 11.4 Å². The highest BCUT2D eigenvalue weighted by atomic mass is 35.5. The van der Waals surface area contributed by atoms with Crippen molar-refractivity contribution in [1.82, 2.24) is 4.98 Å². The third-order valence-corrected chi connectivity index (χ3v) is 3.48. The van der Waals surface area contributed by atoms with Crippen molar-refractivity contribution in [3.63, 3.8) is 0 Å². The lowest BCUT2D eigenvalue weighted by molar-refractivity contribution is 0.102. The number of fused-ring (bicyclic) bond motifs is 1. The average Bonchev–Trinajstić information content (AvgIpc) is 2.50. The number of carbonyl (C=O) groups is 1. The van der Waals surface area contributed by atoms with Crippen LogP contribution in [0.3, 0.4) is 0 Å². The molecule has 104 valence electrons. The minimum atomic E-state index is -0.292. The lowest BCUT2D eigenvalue weighted by atomic mass is 10.1. The number of para-hydroxylation sites is 2. The van der Waals surface area contributed by atoms with Crippen LogP contribution in [-0.2, 0) is 0 Å². The molecule has 1 aromatic heterocycles. The Balaban J connectivity index is 2.02. The number of amides is 1. The zero-order valence-corrected chi connectivity index (χ0v) is 11.8. The predicted octanol–water partition coefficient (Wildman–Crippen LogP) is 3.72. The number of nitrogens with one attached hydrogen (secondary N) is 1. The molecule has 1 heterocycles. The van der Waals surface area contributed by atoms with E-state index in [-0.39, 0.29) is 5.91 Å². The Morgan fingerprint density at radius 2 is 1.86 bits per heavy atom. The molecule has 0 aliphatic heterocycles. The zero-order chi connectivity index (χ0) is 14.8. The van der Waals surface area contributed by atoms with E-state index in [1.807, 2.05) is 24.3 Å². The Bertz CT molecular complexity index is 807. The fraction of sp³-hybridized carbons (Fsp3) is 0. The Labute approximate surface area is 126 Å². The number of hydrogen-bond acceptors (Lipinski definition) is 3. The van der Waals surface area contributed by atoms with E-state index in [2.05, 4.69) is 10.3 Å². The van der Waals surface area contributed by atoms with E-state index in [4.69, 9.17) is 17.3 Å². The summed E-state index contributed by atoms with van der Waals surface area (Å²) in [5.41, 5.74) is 7.80. The van der Waals surface area contributed by atoms with Gasteiger partial charge in [0.1, 0.15) is 0 Å². The van der Waals surface area contributed by atoms with Gasteiger partial charge in [-0.15, -0.1) is 0 Å². The van der Waals surface area contributed by atoms with E-state index in [0.717, 1.165) is 5.39 Å². The molecule has 0 saturated heterocycles. The molecule has 3 N–H and O–H groups in total.